The average molecular weight is 347 g/mol. The molecule has 1 aliphatic rings. The van der Waals surface area contributed by atoms with Gasteiger partial charge in [-0.05, 0) is 18.9 Å². The predicted octanol–water partition coefficient (Wildman–Crippen LogP) is 2.23. The molecule has 1 saturated carbocycles. The number of pyridine rings is 1. The zero-order chi connectivity index (χ0) is 16.6. The van der Waals surface area contributed by atoms with Crippen molar-refractivity contribution in [2.24, 2.45) is 4.99 Å². The molecular formula is C13H14ClF3N6. The van der Waals surface area contributed by atoms with Crippen LogP contribution in [0.3, 0.4) is 0 Å². The van der Waals surface area contributed by atoms with E-state index in [2.05, 4.69) is 25.8 Å². The van der Waals surface area contributed by atoms with Gasteiger partial charge in [0, 0.05) is 19.3 Å². The highest BCUT2D eigenvalue weighted by Gasteiger charge is 2.32. The molecule has 2 aromatic rings. The van der Waals surface area contributed by atoms with Gasteiger partial charge in [0.15, 0.2) is 17.4 Å². The minimum atomic E-state index is -4.49. The van der Waals surface area contributed by atoms with E-state index in [9.17, 15) is 13.2 Å². The van der Waals surface area contributed by atoms with Gasteiger partial charge in [0.25, 0.3) is 0 Å². The summed E-state index contributed by atoms with van der Waals surface area (Å²) < 4.78 is 39.9. The molecule has 0 aliphatic heterocycles. The van der Waals surface area contributed by atoms with Crippen LogP contribution in [0.2, 0.25) is 5.02 Å². The number of rotatable bonds is 3. The highest BCUT2D eigenvalue weighted by Crippen LogP contribution is 2.32. The summed E-state index contributed by atoms with van der Waals surface area (Å²) in [5.41, 5.74) is -0.668. The van der Waals surface area contributed by atoms with Crippen LogP contribution in [0.15, 0.2) is 17.3 Å². The Morgan fingerprint density at radius 3 is 2.78 bits per heavy atom. The van der Waals surface area contributed by atoms with Crippen molar-refractivity contribution in [3.05, 3.63) is 28.7 Å². The van der Waals surface area contributed by atoms with E-state index in [0.29, 0.717) is 17.8 Å². The number of hydrogen-bond acceptors (Lipinski definition) is 3. The van der Waals surface area contributed by atoms with E-state index in [1.54, 1.807) is 7.05 Å². The lowest BCUT2D eigenvalue weighted by Crippen LogP contribution is -2.38. The second-order valence-corrected chi connectivity index (χ2v) is 5.64. The fourth-order valence-corrected chi connectivity index (χ4v) is 2.30. The Hall–Kier alpha value is -2.03. The number of nitrogens with one attached hydrogen (secondary N) is 2. The number of halogens is 4. The van der Waals surface area contributed by atoms with Gasteiger partial charge >= 0.3 is 6.18 Å². The first kappa shape index (κ1) is 15.9. The molecule has 0 radical (unpaired) electrons. The van der Waals surface area contributed by atoms with Crippen molar-refractivity contribution in [3.8, 4) is 0 Å². The summed E-state index contributed by atoms with van der Waals surface area (Å²) in [6.45, 7) is 0.172. The molecular weight excluding hydrogens is 333 g/mol. The Balaban J connectivity index is 1.84. The number of alkyl halides is 3. The normalized spacial score (nSPS) is 16.0. The molecule has 6 nitrogen and oxygen atoms in total. The third kappa shape index (κ3) is 3.49. The summed E-state index contributed by atoms with van der Waals surface area (Å²) in [4.78, 5) is 4.05. The number of aromatic nitrogens is 3. The standard InChI is InChI=1S/C13H14ClF3N6/c1-18-12(20-8-2-3-8)19-5-10-21-22-11-9(14)4-7(6-23(10)11)13(15,16)17/h4,6,8H,2-3,5H2,1H3,(H2,18,19,20). The summed E-state index contributed by atoms with van der Waals surface area (Å²) >= 11 is 5.87. The number of guanidine groups is 1. The van der Waals surface area contributed by atoms with Crippen molar-refractivity contribution in [1.82, 2.24) is 25.2 Å². The van der Waals surface area contributed by atoms with Crippen molar-refractivity contribution in [3.63, 3.8) is 0 Å². The number of nitrogens with zero attached hydrogens (tertiary/aromatic N) is 4. The minimum absolute atomic E-state index is 0.0981. The molecule has 2 heterocycles. The van der Waals surface area contributed by atoms with Crippen LogP contribution in [-0.4, -0.2) is 33.6 Å². The van der Waals surface area contributed by atoms with Gasteiger partial charge in [-0.25, -0.2) is 0 Å². The molecule has 1 fully saturated rings. The SMILES string of the molecule is CN=C(NCc1nnc2c(Cl)cc(C(F)(F)F)cn12)NC1CC1. The van der Waals surface area contributed by atoms with Crippen LogP contribution in [0.1, 0.15) is 24.2 Å². The van der Waals surface area contributed by atoms with Crippen LogP contribution in [-0.2, 0) is 12.7 Å². The van der Waals surface area contributed by atoms with E-state index in [1.807, 2.05) is 0 Å². The zero-order valence-corrected chi connectivity index (χ0v) is 12.9. The zero-order valence-electron chi connectivity index (χ0n) is 12.2. The van der Waals surface area contributed by atoms with Crippen LogP contribution in [0.5, 0.6) is 0 Å². The Morgan fingerprint density at radius 2 is 2.17 bits per heavy atom. The maximum absolute atomic E-state index is 12.9. The Bertz CT molecular complexity index is 750. The lowest BCUT2D eigenvalue weighted by Gasteiger charge is -2.11. The molecule has 0 unspecified atom stereocenters. The highest BCUT2D eigenvalue weighted by atomic mass is 35.5. The van der Waals surface area contributed by atoms with Crippen LogP contribution in [0.4, 0.5) is 13.2 Å². The van der Waals surface area contributed by atoms with E-state index in [-0.39, 0.29) is 17.2 Å². The van der Waals surface area contributed by atoms with Crippen LogP contribution in [0.25, 0.3) is 5.65 Å². The van der Waals surface area contributed by atoms with Gasteiger partial charge in [-0.15, -0.1) is 10.2 Å². The van der Waals surface area contributed by atoms with Crippen molar-refractivity contribution >= 4 is 23.2 Å². The summed E-state index contributed by atoms with van der Waals surface area (Å²) in [6, 6.07) is 1.25. The number of hydrogen-bond donors (Lipinski definition) is 2. The van der Waals surface area contributed by atoms with E-state index >= 15 is 0 Å². The van der Waals surface area contributed by atoms with Gasteiger partial charge < -0.3 is 10.6 Å². The number of fused-ring (bicyclic) bond motifs is 1. The molecule has 10 heteroatoms. The maximum atomic E-state index is 12.9. The summed E-state index contributed by atoms with van der Waals surface area (Å²) in [5, 5.41) is 13.8. The van der Waals surface area contributed by atoms with E-state index in [0.717, 1.165) is 25.1 Å². The van der Waals surface area contributed by atoms with Gasteiger partial charge in [0.05, 0.1) is 17.1 Å². The summed E-state index contributed by atoms with van der Waals surface area (Å²) in [6.07, 6.45) is -1.39. The van der Waals surface area contributed by atoms with Crippen LogP contribution in [0, 0.1) is 0 Å². The molecule has 0 saturated heterocycles. The molecule has 0 bridgehead atoms. The lowest BCUT2D eigenvalue weighted by molar-refractivity contribution is -0.137. The largest absolute Gasteiger partial charge is 0.417 e. The van der Waals surface area contributed by atoms with Gasteiger partial charge in [-0.1, -0.05) is 11.6 Å². The molecule has 0 spiro atoms. The molecule has 0 aromatic carbocycles. The lowest BCUT2D eigenvalue weighted by atomic mass is 10.3. The van der Waals surface area contributed by atoms with Gasteiger partial charge in [-0.2, -0.15) is 13.2 Å². The molecule has 1 aliphatic carbocycles. The maximum Gasteiger partial charge on any atom is 0.417 e. The van der Waals surface area contributed by atoms with Crippen molar-refractivity contribution < 1.29 is 13.2 Å². The first-order valence-corrected chi connectivity index (χ1v) is 7.34. The molecule has 0 atom stereocenters. The van der Waals surface area contributed by atoms with E-state index < -0.39 is 11.7 Å². The Morgan fingerprint density at radius 1 is 1.43 bits per heavy atom. The third-order valence-corrected chi connectivity index (χ3v) is 3.69. The first-order chi connectivity index (χ1) is 10.9. The topological polar surface area (TPSA) is 66.6 Å². The quantitative estimate of drug-likeness (QED) is 0.660. The first-order valence-electron chi connectivity index (χ1n) is 6.96. The van der Waals surface area contributed by atoms with Gasteiger partial charge in [0.1, 0.15) is 0 Å². The summed E-state index contributed by atoms with van der Waals surface area (Å²) in [7, 11) is 1.62. The van der Waals surface area contributed by atoms with Gasteiger partial charge in [-0.3, -0.25) is 9.39 Å². The highest BCUT2D eigenvalue weighted by molar-refractivity contribution is 6.33. The summed E-state index contributed by atoms with van der Waals surface area (Å²) in [5.74, 6) is 0.883. The number of aliphatic imine (C=N–C) groups is 1. The van der Waals surface area contributed by atoms with Crippen LogP contribution >= 0.6 is 11.6 Å². The van der Waals surface area contributed by atoms with Gasteiger partial charge in [0.2, 0.25) is 0 Å². The molecule has 124 valence electrons. The predicted molar refractivity (Wildman–Crippen MR) is 79.4 cm³/mol. The monoisotopic (exact) mass is 346 g/mol. The smallest absolute Gasteiger partial charge is 0.354 e. The second-order valence-electron chi connectivity index (χ2n) is 5.23. The molecule has 2 N–H and O–H groups in total. The Kier molecular flexibility index (Phi) is 4.05. The van der Waals surface area contributed by atoms with E-state index in [1.165, 1.54) is 4.40 Å². The second kappa shape index (κ2) is 5.88. The molecule has 2 aromatic heterocycles. The third-order valence-electron chi connectivity index (χ3n) is 3.41. The minimum Gasteiger partial charge on any atom is -0.354 e. The van der Waals surface area contributed by atoms with E-state index in [4.69, 9.17) is 11.6 Å². The Labute approximate surface area is 134 Å². The fourth-order valence-electron chi connectivity index (χ4n) is 2.05. The molecule has 0 amide bonds. The average Bonchev–Trinajstić information content (AvgIpc) is 3.21. The van der Waals surface area contributed by atoms with Crippen molar-refractivity contribution in [2.45, 2.75) is 31.6 Å². The fraction of sp³-hybridized carbons (Fsp3) is 0.462. The van der Waals surface area contributed by atoms with Crippen molar-refractivity contribution in [2.75, 3.05) is 7.05 Å². The van der Waals surface area contributed by atoms with Crippen LogP contribution < -0.4 is 10.6 Å². The molecule has 3 rings (SSSR count). The van der Waals surface area contributed by atoms with Crippen molar-refractivity contribution in [1.29, 1.82) is 0 Å². The molecule has 23 heavy (non-hydrogen) atoms.